The van der Waals surface area contributed by atoms with Crippen LogP contribution in [-0.4, -0.2) is 42.4 Å². The van der Waals surface area contributed by atoms with Gasteiger partial charge in [-0.1, -0.05) is 51.4 Å². The molecule has 0 radical (unpaired) electrons. The number of hydrogen-bond acceptors (Lipinski definition) is 5. The standard InChI is InChI=1S/C16H20BrNO4/c1-16(2)21-13(10-18-20-3)15(22-16)12(9-17)14(19)11-7-5-4-6-8-11/h4-8,10,12-13,15H,9H2,1-3H3/b18-10+/t12-,13+,15+/m1/s1. The van der Waals surface area contributed by atoms with Crippen molar-refractivity contribution in [1.82, 2.24) is 0 Å². The monoisotopic (exact) mass is 369 g/mol. The second-order valence-corrected chi connectivity index (χ2v) is 6.14. The quantitative estimate of drug-likeness (QED) is 0.334. The minimum Gasteiger partial charge on any atom is -0.399 e. The molecule has 0 bridgehead atoms. The fraction of sp³-hybridized carbons (Fsp3) is 0.500. The van der Waals surface area contributed by atoms with Crippen LogP contribution in [0.15, 0.2) is 35.5 Å². The predicted octanol–water partition coefficient (Wildman–Crippen LogP) is 3.03. The molecule has 0 aromatic heterocycles. The summed E-state index contributed by atoms with van der Waals surface area (Å²) in [5, 5.41) is 4.24. The van der Waals surface area contributed by atoms with Gasteiger partial charge in [0, 0.05) is 10.9 Å². The molecule has 2 rings (SSSR count). The molecule has 0 aliphatic carbocycles. The number of hydrogen-bond donors (Lipinski definition) is 0. The Balaban J connectivity index is 2.24. The van der Waals surface area contributed by atoms with Gasteiger partial charge in [-0.05, 0) is 13.8 Å². The second-order valence-electron chi connectivity index (χ2n) is 5.49. The lowest BCUT2D eigenvalue weighted by Gasteiger charge is -2.23. The number of rotatable bonds is 6. The molecule has 0 N–H and O–H groups in total. The molecule has 0 spiro atoms. The van der Waals surface area contributed by atoms with Gasteiger partial charge in [0.2, 0.25) is 0 Å². The molecule has 1 aliphatic rings. The van der Waals surface area contributed by atoms with Crippen molar-refractivity contribution < 1.29 is 19.1 Å². The fourth-order valence-corrected chi connectivity index (χ4v) is 3.15. The maximum absolute atomic E-state index is 12.8. The highest BCUT2D eigenvalue weighted by Crippen LogP contribution is 2.33. The van der Waals surface area contributed by atoms with Crippen molar-refractivity contribution in [2.75, 3.05) is 12.4 Å². The highest BCUT2D eigenvalue weighted by atomic mass is 79.9. The van der Waals surface area contributed by atoms with Crippen LogP contribution < -0.4 is 0 Å². The SMILES string of the molecule is CO/N=C/[C@@H]1OC(C)(C)O[C@H]1[C@H](CBr)C(=O)c1ccccc1. The van der Waals surface area contributed by atoms with Gasteiger partial charge in [0.1, 0.15) is 19.3 Å². The van der Waals surface area contributed by atoms with Crippen LogP contribution in [-0.2, 0) is 14.3 Å². The Kier molecular flexibility index (Phi) is 5.72. The molecule has 0 amide bonds. The summed E-state index contributed by atoms with van der Waals surface area (Å²) in [5.74, 6) is -1.14. The summed E-state index contributed by atoms with van der Waals surface area (Å²) in [7, 11) is 1.46. The van der Waals surface area contributed by atoms with Gasteiger partial charge < -0.3 is 14.3 Å². The lowest BCUT2D eigenvalue weighted by Crippen LogP contribution is -2.38. The number of carbonyl (C=O) groups is 1. The number of halogens is 1. The summed E-state index contributed by atoms with van der Waals surface area (Å²) in [6.45, 7) is 3.64. The number of alkyl halides is 1. The van der Waals surface area contributed by atoms with E-state index in [0.717, 1.165) is 0 Å². The highest BCUT2D eigenvalue weighted by Gasteiger charge is 2.46. The molecule has 1 aromatic carbocycles. The zero-order valence-corrected chi connectivity index (χ0v) is 14.4. The maximum Gasteiger partial charge on any atom is 0.169 e. The van der Waals surface area contributed by atoms with Crippen molar-refractivity contribution in [1.29, 1.82) is 0 Å². The van der Waals surface area contributed by atoms with Crippen molar-refractivity contribution in [2.45, 2.75) is 31.8 Å². The average Bonchev–Trinajstić information content (AvgIpc) is 2.81. The third-order valence-electron chi connectivity index (χ3n) is 3.43. The molecule has 1 aliphatic heterocycles. The summed E-state index contributed by atoms with van der Waals surface area (Å²) in [4.78, 5) is 17.5. The lowest BCUT2D eigenvalue weighted by molar-refractivity contribution is -0.144. The normalized spacial score (nSPS) is 25.3. The minimum atomic E-state index is -0.771. The fourth-order valence-electron chi connectivity index (χ4n) is 2.49. The van der Waals surface area contributed by atoms with E-state index in [1.165, 1.54) is 13.3 Å². The molecule has 1 aromatic rings. The van der Waals surface area contributed by atoms with E-state index in [1.807, 2.05) is 32.0 Å². The Morgan fingerprint density at radius 2 is 2.09 bits per heavy atom. The zero-order chi connectivity index (χ0) is 16.2. The summed E-state index contributed by atoms with van der Waals surface area (Å²) in [5.41, 5.74) is 0.655. The summed E-state index contributed by atoms with van der Waals surface area (Å²) < 4.78 is 11.7. The molecule has 3 atom stereocenters. The van der Waals surface area contributed by atoms with Gasteiger partial charge >= 0.3 is 0 Å². The van der Waals surface area contributed by atoms with Crippen molar-refractivity contribution in [2.24, 2.45) is 11.1 Å². The third-order valence-corrected chi connectivity index (χ3v) is 4.13. The smallest absolute Gasteiger partial charge is 0.169 e. The van der Waals surface area contributed by atoms with Gasteiger partial charge in [-0.2, -0.15) is 0 Å². The molecule has 0 saturated carbocycles. The molecular formula is C16H20BrNO4. The van der Waals surface area contributed by atoms with Crippen LogP contribution in [0.1, 0.15) is 24.2 Å². The van der Waals surface area contributed by atoms with Gasteiger partial charge in [-0.25, -0.2) is 0 Å². The van der Waals surface area contributed by atoms with Crippen molar-refractivity contribution in [3.63, 3.8) is 0 Å². The Morgan fingerprint density at radius 3 is 2.68 bits per heavy atom. The summed E-state index contributed by atoms with van der Waals surface area (Å²) >= 11 is 3.42. The number of carbonyl (C=O) groups excluding carboxylic acids is 1. The number of ether oxygens (including phenoxy) is 2. The van der Waals surface area contributed by atoms with Crippen LogP contribution in [0, 0.1) is 5.92 Å². The average molecular weight is 370 g/mol. The number of ketones is 1. The second kappa shape index (κ2) is 7.35. The predicted molar refractivity (Wildman–Crippen MR) is 87.4 cm³/mol. The summed E-state index contributed by atoms with van der Waals surface area (Å²) in [6, 6.07) is 9.18. The number of benzene rings is 1. The highest BCUT2D eigenvalue weighted by molar-refractivity contribution is 9.09. The van der Waals surface area contributed by atoms with Gasteiger partial charge in [-0.3, -0.25) is 4.79 Å². The van der Waals surface area contributed by atoms with E-state index < -0.39 is 18.0 Å². The van der Waals surface area contributed by atoms with Crippen LogP contribution in [0.4, 0.5) is 0 Å². The number of oxime groups is 1. The van der Waals surface area contributed by atoms with Crippen LogP contribution in [0.5, 0.6) is 0 Å². The van der Waals surface area contributed by atoms with Crippen molar-refractivity contribution in [3.05, 3.63) is 35.9 Å². The molecule has 5 nitrogen and oxygen atoms in total. The molecule has 1 fully saturated rings. The van der Waals surface area contributed by atoms with Gasteiger partial charge in [-0.15, -0.1) is 0 Å². The van der Waals surface area contributed by atoms with Crippen LogP contribution in [0.2, 0.25) is 0 Å². The minimum absolute atomic E-state index is 0.0135. The van der Waals surface area contributed by atoms with Crippen molar-refractivity contribution in [3.8, 4) is 0 Å². The molecule has 120 valence electrons. The first kappa shape index (κ1) is 17.1. The number of nitrogens with zero attached hydrogens (tertiary/aromatic N) is 1. The molecule has 6 heteroatoms. The Labute approximate surface area is 138 Å². The zero-order valence-electron chi connectivity index (χ0n) is 12.9. The van der Waals surface area contributed by atoms with Crippen LogP contribution >= 0.6 is 15.9 Å². The van der Waals surface area contributed by atoms with E-state index in [9.17, 15) is 4.79 Å². The van der Waals surface area contributed by atoms with Gasteiger partial charge in [0.25, 0.3) is 0 Å². The number of Topliss-reactive ketones (excluding diaryl/α,β-unsaturated/α-hetero) is 1. The summed E-state index contributed by atoms with van der Waals surface area (Å²) in [6.07, 6.45) is 0.666. The molecule has 1 heterocycles. The van der Waals surface area contributed by atoms with Crippen LogP contribution in [0.3, 0.4) is 0 Å². The van der Waals surface area contributed by atoms with Gasteiger partial charge in [0.15, 0.2) is 11.6 Å². The molecular weight excluding hydrogens is 350 g/mol. The van der Waals surface area contributed by atoms with Crippen LogP contribution in [0.25, 0.3) is 0 Å². The topological polar surface area (TPSA) is 57.1 Å². The Bertz CT molecular complexity index is 532. The van der Waals surface area contributed by atoms with E-state index in [1.54, 1.807) is 12.1 Å². The van der Waals surface area contributed by atoms with E-state index in [-0.39, 0.29) is 11.7 Å². The Hall–Kier alpha value is -1.24. The first-order chi connectivity index (χ1) is 10.5. The largest absolute Gasteiger partial charge is 0.399 e. The first-order valence-electron chi connectivity index (χ1n) is 7.06. The first-order valence-corrected chi connectivity index (χ1v) is 8.18. The van der Waals surface area contributed by atoms with E-state index in [2.05, 4.69) is 21.1 Å². The third kappa shape index (κ3) is 3.94. The Morgan fingerprint density at radius 1 is 1.41 bits per heavy atom. The molecule has 1 saturated heterocycles. The van der Waals surface area contributed by atoms with Crippen molar-refractivity contribution >= 4 is 27.9 Å². The molecule has 22 heavy (non-hydrogen) atoms. The lowest BCUT2D eigenvalue weighted by atomic mass is 9.91. The van der Waals surface area contributed by atoms with Gasteiger partial charge in [0.05, 0.1) is 12.1 Å². The van der Waals surface area contributed by atoms with E-state index >= 15 is 0 Å². The molecule has 0 unspecified atom stereocenters. The van der Waals surface area contributed by atoms with E-state index in [4.69, 9.17) is 14.3 Å². The van der Waals surface area contributed by atoms with E-state index in [0.29, 0.717) is 10.9 Å². The maximum atomic E-state index is 12.8.